The zero-order chi connectivity index (χ0) is 27.5. The van der Waals surface area contributed by atoms with Crippen molar-refractivity contribution in [3.8, 4) is 28.6 Å². The van der Waals surface area contributed by atoms with E-state index >= 15 is 0 Å². The second kappa shape index (κ2) is 8.94. The monoisotopic (exact) mass is 527 g/mol. The highest BCUT2D eigenvalue weighted by Gasteiger charge is 2.22. The van der Waals surface area contributed by atoms with Crippen LogP contribution < -0.4 is 0 Å². The summed E-state index contributed by atoms with van der Waals surface area (Å²) in [5.41, 5.74) is 8.31. The van der Waals surface area contributed by atoms with Crippen LogP contribution in [0.4, 0.5) is 4.39 Å². The maximum Gasteiger partial charge on any atom is 0.125 e. The van der Waals surface area contributed by atoms with Crippen molar-refractivity contribution in [2.24, 2.45) is 0 Å². The van der Waals surface area contributed by atoms with Gasteiger partial charge in [0.15, 0.2) is 0 Å². The Hall–Kier alpha value is -5.66. The van der Waals surface area contributed by atoms with Crippen LogP contribution in [-0.2, 0) is 0 Å². The topological polar surface area (TPSA) is 33.6 Å². The largest absolute Gasteiger partial charge is 0.309 e. The molecule has 0 radical (unpaired) electrons. The SMILES string of the molecule is N#Cc1ccccc1-n1c2cc(F)ccc2c2cccc(-c3cccc4c5ccccc5n(-c5ccccc5)c34)c21. The van der Waals surface area contributed by atoms with Crippen LogP contribution in [0.2, 0.25) is 0 Å². The number of para-hydroxylation sites is 5. The number of nitrogens with zero attached hydrogens (tertiary/aromatic N) is 3. The third-order valence-corrected chi connectivity index (χ3v) is 8.02. The second-order valence-electron chi connectivity index (χ2n) is 10.2. The van der Waals surface area contributed by atoms with Gasteiger partial charge in [-0.1, -0.05) is 84.9 Å². The summed E-state index contributed by atoms with van der Waals surface area (Å²) in [5.74, 6) is -0.316. The number of rotatable bonds is 3. The molecule has 0 spiro atoms. The molecule has 2 heterocycles. The van der Waals surface area contributed by atoms with E-state index < -0.39 is 0 Å². The van der Waals surface area contributed by atoms with Crippen molar-refractivity contribution in [3.05, 3.63) is 145 Å². The van der Waals surface area contributed by atoms with Gasteiger partial charge in [0.2, 0.25) is 0 Å². The standard InChI is InChI=1S/C37H22FN3/c38-25-20-21-28-30-15-9-17-32(37(30)41(35(28)22-25)33-18-6-4-10-24(33)23-39)31-16-8-14-29-27-13-5-7-19-34(27)40(36(29)31)26-11-2-1-3-12-26/h1-22H. The van der Waals surface area contributed by atoms with Crippen molar-refractivity contribution in [1.29, 1.82) is 5.26 Å². The van der Waals surface area contributed by atoms with Crippen molar-refractivity contribution >= 4 is 43.6 Å². The molecule has 3 nitrogen and oxygen atoms in total. The highest BCUT2D eigenvalue weighted by atomic mass is 19.1. The Balaban J connectivity index is 1.58. The minimum atomic E-state index is -0.316. The summed E-state index contributed by atoms with van der Waals surface area (Å²) >= 11 is 0. The molecule has 0 aliphatic carbocycles. The Morgan fingerprint density at radius 2 is 1.12 bits per heavy atom. The molecule has 6 aromatic carbocycles. The Bertz CT molecular complexity index is 2340. The molecule has 0 amide bonds. The number of hydrogen-bond acceptors (Lipinski definition) is 1. The number of nitriles is 1. The molecule has 0 bridgehead atoms. The van der Waals surface area contributed by atoms with Gasteiger partial charge in [-0.15, -0.1) is 0 Å². The molecule has 192 valence electrons. The molecule has 0 unspecified atom stereocenters. The zero-order valence-electron chi connectivity index (χ0n) is 21.9. The van der Waals surface area contributed by atoms with E-state index in [2.05, 4.69) is 100 Å². The molecule has 0 atom stereocenters. The normalized spacial score (nSPS) is 11.5. The molecular formula is C37H22FN3. The maximum atomic E-state index is 14.8. The quantitative estimate of drug-likeness (QED) is 0.225. The fourth-order valence-electron chi connectivity index (χ4n) is 6.35. The van der Waals surface area contributed by atoms with Crippen molar-refractivity contribution in [2.75, 3.05) is 0 Å². The lowest BCUT2D eigenvalue weighted by Gasteiger charge is -2.15. The molecule has 41 heavy (non-hydrogen) atoms. The lowest BCUT2D eigenvalue weighted by molar-refractivity contribution is 0.629. The molecule has 8 rings (SSSR count). The summed E-state index contributed by atoms with van der Waals surface area (Å²) in [7, 11) is 0. The number of benzene rings is 6. The number of halogens is 1. The third-order valence-electron chi connectivity index (χ3n) is 8.02. The minimum Gasteiger partial charge on any atom is -0.309 e. The number of aromatic nitrogens is 2. The predicted octanol–water partition coefficient (Wildman–Crippen LogP) is 9.56. The van der Waals surface area contributed by atoms with Gasteiger partial charge in [-0.3, -0.25) is 0 Å². The lowest BCUT2D eigenvalue weighted by Crippen LogP contribution is -2.00. The van der Waals surface area contributed by atoms with Gasteiger partial charge in [-0.25, -0.2) is 4.39 Å². The summed E-state index contributed by atoms with van der Waals surface area (Å²) in [6, 6.07) is 46.4. The summed E-state index contributed by atoms with van der Waals surface area (Å²) in [6.07, 6.45) is 0. The predicted molar refractivity (Wildman–Crippen MR) is 165 cm³/mol. The first kappa shape index (κ1) is 23.2. The summed E-state index contributed by atoms with van der Waals surface area (Å²) in [6.45, 7) is 0. The first-order valence-electron chi connectivity index (χ1n) is 13.5. The van der Waals surface area contributed by atoms with Gasteiger partial charge in [0, 0.05) is 38.4 Å². The Labute approximate surface area is 235 Å². The fourth-order valence-corrected chi connectivity index (χ4v) is 6.35. The molecular weight excluding hydrogens is 505 g/mol. The van der Waals surface area contributed by atoms with Gasteiger partial charge in [0.25, 0.3) is 0 Å². The molecule has 2 aromatic heterocycles. The van der Waals surface area contributed by atoms with Gasteiger partial charge in [-0.2, -0.15) is 5.26 Å². The van der Waals surface area contributed by atoms with Crippen molar-refractivity contribution in [2.45, 2.75) is 0 Å². The summed E-state index contributed by atoms with van der Waals surface area (Å²) in [5, 5.41) is 14.3. The molecule has 0 aliphatic heterocycles. The Morgan fingerprint density at radius 1 is 0.512 bits per heavy atom. The van der Waals surface area contributed by atoms with Gasteiger partial charge < -0.3 is 9.13 Å². The van der Waals surface area contributed by atoms with Crippen LogP contribution in [-0.4, -0.2) is 9.13 Å². The number of fused-ring (bicyclic) bond motifs is 6. The van der Waals surface area contributed by atoms with E-state index in [1.165, 1.54) is 11.5 Å². The van der Waals surface area contributed by atoms with Gasteiger partial charge in [-0.05, 0) is 48.5 Å². The van der Waals surface area contributed by atoms with E-state index in [0.717, 1.165) is 60.7 Å². The molecule has 0 saturated heterocycles. The van der Waals surface area contributed by atoms with E-state index in [1.54, 1.807) is 6.07 Å². The first-order chi connectivity index (χ1) is 20.2. The van der Waals surface area contributed by atoms with Gasteiger partial charge in [0.05, 0.1) is 33.3 Å². The maximum absolute atomic E-state index is 14.8. The van der Waals surface area contributed by atoms with Crippen molar-refractivity contribution < 1.29 is 4.39 Å². The van der Waals surface area contributed by atoms with Crippen molar-refractivity contribution in [1.82, 2.24) is 9.13 Å². The van der Waals surface area contributed by atoms with Gasteiger partial charge in [0.1, 0.15) is 11.9 Å². The molecule has 0 fully saturated rings. The Morgan fingerprint density at radius 3 is 1.88 bits per heavy atom. The smallest absolute Gasteiger partial charge is 0.125 e. The minimum absolute atomic E-state index is 0.316. The van der Waals surface area contributed by atoms with Crippen LogP contribution in [0, 0.1) is 17.1 Å². The molecule has 0 N–H and O–H groups in total. The zero-order valence-corrected chi connectivity index (χ0v) is 21.9. The highest BCUT2D eigenvalue weighted by molar-refractivity contribution is 6.19. The molecule has 4 heteroatoms. The van der Waals surface area contributed by atoms with E-state index in [4.69, 9.17) is 0 Å². The fraction of sp³-hybridized carbons (Fsp3) is 0. The van der Waals surface area contributed by atoms with Crippen LogP contribution in [0.1, 0.15) is 5.56 Å². The first-order valence-corrected chi connectivity index (χ1v) is 13.5. The van der Waals surface area contributed by atoms with E-state index in [-0.39, 0.29) is 5.82 Å². The average Bonchev–Trinajstić information content (AvgIpc) is 3.54. The van der Waals surface area contributed by atoms with Crippen LogP contribution >= 0.6 is 0 Å². The van der Waals surface area contributed by atoms with Gasteiger partial charge >= 0.3 is 0 Å². The molecule has 0 aliphatic rings. The average molecular weight is 528 g/mol. The highest BCUT2D eigenvalue weighted by Crippen LogP contribution is 2.43. The lowest BCUT2D eigenvalue weighted by atomic mass is 9.99. The van der Waals surface area contributed by atoms with Crippen LogP contribution in [0.15, 0.2) is 133 Å². The van der Waals surface area contributed by atoms with Crippen LogP contribution in [0.3, 0.4) is 0 Å². The molecule has 0 saturated carbocycles. The van der Waals surface area contributed by atoms with E-state index in [9.17, 15) is 9.65 Å². The van der Waals surface area contributed by atoms with Crippen molar-refractivity contribution in [3.63, 3.8) is 0 Å². The Kier molecular flexibility index (Phi) is 5.07. The number of hydrogen-bond donors (Lipinski definition) is 0. The van der Waals surface area contributed by atoms with E-state index in [1.807, 2.05) is 36.4 Å². The summed E-state index contributed by atoms with van der Waals surface area (Å²) < 4.78 is 19.1. The molecule has 8 aromatic rings. The van der Waals surface area contributed by atoms with Crippen LogP contribution in [0.5, 0.6) is 0 Å². The van der Waals surface area contributed by atoms with Crippen LogP contribution in [0.25, 0.3) is 66.1 Å². The third kappa shape index (κ3) is 3.36. The second-order valence-corrected chi connectivity index (χ2v) is 10.2. The van der Waals surface area contributed by atoms with E-state index in [0.29, 0.717) is 5.56 Å². The summed E-state index contributed by atoms with van der Waals surface area (Å²) in [4.78, 5) is 0.